The monoisotopic (exact) mass is 240 g/mol. The molecule has 1 aliphatic carbocycles. The Morgan fingerprint density at radius 3 is 2.82 bits per heavy atom. The molecule has 17 heavy (non-hydrogen) atoms. The highest BCUT2D eigenvalue weighted by atomic mass is 16.4. The van der Waals surface area contributed by atoms with Crippen LogP contribution in [0.5, 0.6) is 0 Å². The summed E-state index contributed by atoms with van der Waals surface area (Å²) in [7, 11) is 4.31. The standard InChI is InChI=1S/C13H24N2O2/c1-14-5-3-10(8-14)4-6-15(2)9-11-7-12(11)13(16)17/h10-12H,3-9H2,1-2H3,(H,16,17). The maximum absolute atomic E-state index is 10.7. The summed E-state index contributed by atoms with van der Waals surface area (Å²) in [5.74, 6) is 0.580. The molecule has 0 aromatic carbocycles. The molecule has 0 aromatic heterocycles. The second kappa shape index (κ2) is 5.36. The van der Waals surface area contributed by atoms with Gasteiger partial charge in [-0.25, -0.2) is 0 Å². The Balaban J connectivity index is 1.59. The van der Waals surface area contributed by atoms with Crippen LogP contribution in [-0.4, -0.2) is 61.2 Å². The van der Waals surface area contributed by atoms with Crippen molar-refractivity contribution in [2.45, 2.75) is 19.3 Å². The molecule has 3 unspecified atom stereocenters. The Labute approximate surface area is 104 Å². The first-order valence-corrected chi connectivity index (χ1v) is 6.66. The van der Waals surface area contributed by atoms with Crippen LogP contribution in [0.25, 0.3) is 0 Å². The molecule has 1 heterocycles. The maximum Gasteiger partial charge on any atom is 0.306 e. The van der Waals surface area contributed by atoms with Gasteiger partial charge in [0.1, 0.15) is 0 Å². The van der Waals surface area contributed by atoms with Gasteiger partial charge in [0.05, 0.1) is 5.92 Å². The molecule has 3 atom stereocenters. The number of rotatable bonds is 6. The van der Waals surface area contributed by atoms with E-state index in [0.717, 1.165) is 25.4 Å². The molecule has 98 valence electrons. The topological polar surface area (TPSA) is 43.8 Å². The lowest BCUT2D eigenvalue weighted by atomic mass is 10.0. The Kier molecular flexibility index (Phi) is 4.05. The zero-order valence-corrected chi connectivity index (χ0v) is 10.9. The predicted octanol–water partition coefficient (Wildman–Crippen LogP) is 0.981. The normalized spacial score (nSPS) is 33.2. The number of hydrogen-bond acceptors (Lipinski definition) is 3. The van der Waals surface area contributed by atoms with E-state index in [0.29, 0.717) is 5.92 Å². The highest BCUT2D eigenvalue weighted by molar-refractivity contribution is 5.73. The number of nitrogens with zero attached hydrogens (tertiary/aromatic N) is 2. The highest BCUT2D eigenvalue weighted by Gasteiger charge is 2.43. The second-order valence-corrected chi connectivity index (χ2v) is 5.91. The van der Waals surface area contributed by atoms with Gasteiger partial charge in [0, 0.05) is 13.1 Å². The minimum atomic E-state index is -0.610. The van der Waals surface area contributed by atoms with Gasteiger partial charge in [-0.2, -0.15) is 0 Å². The second-order valence-electron chi connectivity index (χ2n) is 5.91. The fourth-order valence-electron chi connectivity index (χ4n) is 2.91. The van der Waals surface area contributed by atoms with Crippen molar-refractivity contribution in [2.24, 2.45) is 17.8 Å². The summed E-state index contributed by atoms with van der Waals surface area (Å²) in [5, 5.41) is 8.84. The minimum Gasteiger partial charge on any atom is -0.481 e. The van der Waals surface area contributed by atoms with Crippen molar-refractivity contribution in [2.75, 3.05) is 40.3 Å². The first kappa shape index (κ1) is 12.8. The lowest BCUT2D eigenvalue weighted by molar-refractivity contribution is -0.138. The van der Waals surface area contributed by atoms with Gasteiger partial charge in [0.15, 0.2) is 0 Å². The SMILES string of the molecule is CN1CCC(CCN(C)CC2CC2C(=O)O)C1. The predicted molar refractivity (Wildman–Crippen MR) is 67.0 cm³/mol. The summed E-state index contributed by atoms with van der Waals surface area (Å²) >= 11 is 0. The first-order chi connectivity index (χ1) is 8.06. The Morgan fingerprint density at radius 2 is 2.29 bits per heavy atom. The minimum absolute atomic E-state index is 0.0601. The number of carboxylic acid groups (broad SMARTS) is 1. The van der Waals surface area contributed by atoms with Gasteiger partial charge in [0.2, 0.25) is 0 Å². The summed E-state index contributed by atoms with van der Waals surface area (Å²) in [6, 6.07) is 0. The number of likely N-dealkylation sites (tertiary alicyclic amines) is 1. The van der Waals surface area contributed by atoms with E-state index >= 15 is 0 Å². The molecule has 1 aliphatic heterocycles. The van der Waals surface area contributed by atoms with Gasteiger partial charge in [-0.15, -0.1) is 0 Å². The molecular formula is C13H24N2O2. The molecule has 0 amide bonds. The molecular weight excluding hydrogens is 216 g/mol. The summed E-state index contributed by atoms with van der Waals surface area (Å²) in [6.45, 7) is 4.54. The molecule has 1 saturated carbocycles. The van der Waals surface area contributed by atoms with Gasteiger partial charge in [-0.05, 0) is 58.3 Å². The van der Waals surface area contributed by atoms with Crippen LogP contribution < -0.4 is 0 Å². The molecule has 0 spiro atoms. The quantitative estimate of drug-likeness (QED) is 0.751. The van der Waals surface area contributed by atoms with Crippen molar-refractivity contribution < 1.29 is 9.90 Å². The van der Waals surface area contributed by atoms with E-state index < -0.39 is 5.97 Å². The number of aliphatic carboxylic acids is 1. The smallest absolute Gasteiger partial charge is 0.306 e. The van der Waals surface area contributed by atoms with Crippen molar-refractivity contribution in [1.29, 1.82) is 0 Å². The Morgan fingerprint density at radius 1 is 1.53 bits per heavy atom. The molecule has 2 aliphatic rings. The summed E-state index contributed by atoms with van der Waals surface area (Å²) in [5.41, 5.74) is 0. The van der Waals surface area contributed by atoms with Crippen molar-refractivity contribution in [3.63, 3.8) is 0 Å². The Bertz CT molecular complexity index is 283. The summed E-state index contributed by atoms with van der Waals surface area (Å²) in [6.07, 6.45) is 3.46. The molecule has 0 bridgehead atoms. The van der Waals surface area contributed by atoms with E-state index in [2.05, 4.69) is 23.9 Å². The Hall–Kier alpha value is -0.610. The van der Waals surface area contributed by atoms with E-state index in [1.165, 1.54) is 25.9 Å². The first-order valence-electron chi connectivity index (χ1n) is 6.66. The zero-order valence-electron chi connectivity index (χ0n) is 10.9. The van der Waals surface area contributed by atoms with Gasteiger partial charge in [-0.3, -0.25) is 4.79 Å². The van der Waals surface area contributed by atoms with E-state index in [-0.39, 0.29) is 5.92 Å². The van der Waals surface area contributed by atoms with Crippen molar-refractivity contribution >= 4 is 5.97 Å². The zero-order chi connectivity index (χ0) is 12.4. The average molecular weight is 240 g/mol. The fourth-order valence-corrected chi connectivity index (χ4v) is 2.91. The average Bonchev–Trinajstić information content (AvgIpc) is 2.90. The molecule has 0 aromatic rings. The van der Waals surface area contributed by atoms with E-state index in [1.807, 2.05) is 0 Å². The van der Waals surface area contributed by atoms with Crippen LogP contribution in [0.2, 0.25) is 0 Å². The molecule has 4 heteroatoms. The van der Waals surface area contributed by atoms with Crippen molar-refractivity contribution in [3.8, 4) is 0 Å². The molecule has 1 N–H and O–H groups in total. The van der Waals surface area contributed by atoms with Crippen LogP contribution in [0.15, 0.2) is 0 Å². The largest absolute Gasteiger partial charge is 0.481 e. The van der Waals surface area contributed by atoms with E-state index in [9.17, 15) is 4.79 Å². The van der Waals surface area contributed by atoms with E-state index in [1.54, 1.807) is 0 Å². The van der Waals surface area contributed by atoms with Crippen molar-refractivity contribution in [3.05, 3.63) is 0 Å². The number of carboxylic acids is 1. The molecule has 4 nitrogen and oxygen atoms in total. The summed E-state index contributed by atoms with van der Waals surface area (Å²) < 4.78 is 0. The summed E-state index contributed by atoms with van der Waals surface area (Å²) in [4.78, 5) is 15.4. The van der Waals surface area contributed by atoms with E-state index in [4.69, 9.17) is 5.11 Å². The van der Waals surface area contributed by atoms with Crippen LogP contribution >= 0.6 is 0 Å². The number of hydrogen-bond donors (Lipinski definition) is 1. The third kappa shape index (κ3) is 3.68. The molecule has 2 rings (SSSR count). The van der Waals surface area contributed by atoms with Gasteiger partial charge in [-0.1, -0.05) is 0 Å². The van der Waals surface area contributed by atoms with Crippen molar-refractivity contribution in [1.82, 2.24) is 9.80 Å². The van der Waals surface area contributed by atoms with Gasteiger partial charge < -0.3 is 14.9 Å². The molecule has 2 fully saturated rings. The number of carbonyl (C=O) groups is 1. The van der Waals surface area contributed by atoms with Gasteiger partial charge >= 0.3 is 5.97 Å². The van der Waals surface area contributed by atoms with Gasteiger partial charge in [0.25, 0.3) is 0 Å². The lowest BCUT2D eigenvalue weighted by Crippen LogP contribution is -2.25. The van der Waals surface area contributed by atoms with Crippen LogP contribution in [0.3, 0.4) is 0 Å². The van der Waals surface area contributed by atoms with Crippen LogP contribution in [0.1, 0.15) is 19.3 Å². The van der Waals surface area contributed by atoms with Crippen LogP contribution in [-0.2, 0) is 4.79 Å². The van der Waals surface area contributed by atoms with Crippen LogP contribution in [0, 0.1) is 17.8 Å². The van der Waals surface area contributed by atoms with Crippen LogP contribution in [0.4, 0.5) is 0 Å². The fraction of sp³-hybridized carbons (Fsp3) is 0.923. The highest BCUT2D eigenvalue weighted by Crippen LogP contribution is 2.39. The lowest BCUT2D eigenvalue weighted by Gasteiger charge is -2.18. The molecule has 1 saturated heterocycles. The third-order valence-electron chi connectivity index (χ3n) is 4.19. The molecule has 0 radical (unpaired) electrons. The third-order valence-corrected chi connectivity index (χ3v) is 4.19. The maximum atomic E-state index is 10.7.